The van der Waals surface area contributed by atoms with Crippen LogP contribution in [0, 0.1) is 0 Å². The van der Waals surface area contributed by atoms with Crippen molar-refractivity contribution in [1.82, 2.24) is 9.78 Å². The molecule has 2 rings (SSSR count). The van der Waals surface area contributed by atoms with Crippen LogP contribution in [0.25, 0.3) is 5.69 Å². The van der Waals surface area contributed by atoms with Crippen LogP contribution < -0.4 is 5.73 Å². The molecule has 2 N–H and O–H groups in total. The molecule has 17 heavy (non-hydrogen) atoms. The highest BCUT2D eigenvalue weighted by molar-refractivity contribution is 9.10. The normalized spacial score (nSPS) is 10.8. The molecule has 0 spiro atoms. The second-order valence-corrected chi connectivity index (χ2v) is 5.17. The molecule has 6 heteroatoms. The van der Waals surface area contributed by atoms with Crippen LogP contribution in [-0.2, 0) is 6.42 Å². The summed E-state index contributed by atoms with van der Waals surface area (Å²) >= 11 is 15.3. The molecule has 0 amide bonds. The SMILES string of the molecule is NCCc1nn(-c2ccc(Cl)c(Cl)c2)cc1Br. The summed E-state index contributed by atoms with van der Waals surface area (Å²) in [5.41, 5.74) is 7.31. The van der Waals surface area contributed by atoms with Crippen LogP contribution in [0.3, 0.4) is 0 Å². The van der Waals surface area contributed by atoms with E-state index in [-0.39, 0.29) is 0 Å². The maximum absolute atomic E-state index is 5.97. The average molecular weight is 335 g/mol. The van der Waals surface area contributed by atoms with E-state index in [4.69, 9.17) is 28.9 Å². The number of rotatable bonds is 3. The van der Waals surface area contributed by atoms with Crippen molar-refractivity contribution in [2.75, 3.05) is 6.54 Å². The Bertz CT molecular complexity index is 540. The van der Waals surface area contributed by atoms with E-state index < -0.39 is 0 Å². The summed E-state index contributed by atoms with van der Waals surface area (Å²) < 4.78 is 2.69. The monoisotopic (exact) mass is 333 g/mol. The lowest BCUT2D eigenvalue weighted by atomic mass is 10.3. The van der Waals surface area contributed by atoms with Crippen molar-refractivity contribution < 1.29 is 0 Å². The number of halogens is 3. The van der Waals surface area contributed by atoms with Crippen LogP contribution in [0.15, 0.2) is 28.9 Å². The van der Waals surface area contributed by atoms with Gasteiger partial charge < -0.3 is 5.73 Å². The lowest BCUT2D eigenvalue weighted by Gasteiger charge is -2.02. The molecule has 90 valence electrons. The third kappa shape index (κ3) is 2.83. The van der Waals surface area contributed by atoms with Crippen molar-refractivity contribution in [3.63, 3.8) is 0 Å². The fourth-order valence-corrected chi connectivity index (χ4v) is 2.22. The maximum Gasteiger partial charge on any atom is 0.0783 e. The Labute approximate surface area is 118 Å². The van der Waals surface area contributed by atoms with E-state index >= 15 is 0 Å². The minimum atomic E-state index is 0.510. The molecule has 1 heterocycles. The van der Waals surface area contributed by atoms with Gasteiger partial charge >= 0.3 is 0 Å². The Morgan fingerprint density at radius 2 is 2.06 bits per heavy atom. The van der Waals surface area contributed by atoms with Crippen molar-refractivity contribution in [3.8, 4) is 5.69 Å². The van der Waals surface area contributed by atoms with E-state index in [1.54, 1.807) is 16.8 Å². The van der Waals surface area contributed by atoms with Gasteiger partial charge in [-0.05, 0) is 40.7 Å². The summed E-state index contributed by atoms with van der Waals surface area (Å²) in [5.74, 6) is 0. The van der Waals surface area contributed by atoms with Gasteiger partial charge in [-0.15, -0.1) is 0 Å². The second-order valence-electron chi connectivity index (χ2n) is 3.51. The van der Waals surface area contributed by atoms with Gasteiger partial charge in [0.1, 0.15) is 0 Å². The molecule has 1 aromatic heterocycles. The summed E-state index contributed by atoms with van der Waals surface area (Å²) in [6.45, 7) is 0.566. The first-order chi connectivity index (χ1) is 8.11. The molecule has 2 aromatic rings. The fraction of sp³-hybridized carbons (Fsp3) is 0.182. The molecule has 0 radical (unpaired) electrons. The van der Waals surface area contributed by atoms with Gasteiger partial charge in [-0.1, -0.05) is 23.2 Å². The van der Waals surface area contributed by atoms with Gasteiger partial charge in [0.25, 0.3) is 0 Å². The van der Waals surface area contributed by atoms with Crippen LogP contribution in [0.2, 0.25) is 10.0 Å². The highest BCUT2D eigenvalue weighted by Crippen LogP contribution is 2.25. The summed E-state index contributed by atoms with van der Waals surface area (Å²) in [4.78, 5) is 0. The number of hydrogen-bond donors (Lipinski definition) is 1. The Balaban J connectivity index is 2.39. The first-order valence-electron chi connectivity index (χ1n) is 5.01. The third-order valence-electron chi connectivity index (χ3n) is 2.29. The Kier molecular flexibility index (Phi) is 4.09. The van der Waals surface area contributed by atoms with Gasteiger partial charge in [0.15, 0.2) is 0 Å². The van der Waals surface area contributed by atoms with Crippen molar-refractivity contribution in [2.24, 2.45) is 5.73 Å². The molecular formula is C11H10BrCl2N3. The zero-order valence-electron chi connectivity index (χ0n) is 8.83. The van der Waals surface area contributed by atoms with Crippen molar-refractivity contribution in [1.29, 1.82) is 0 Å². The highest BCUT2D eigenvalue weighted by atomic mass is 79.9. The average Bonchev–Trinajstić information content (AvgIpc) is 2.65. The van der Waals surface area contributed by atoms with Crippen LogP contribution in [0.4, 0.5) is 0 Å². The number of nitrogens with two attached hydrogens (primary N) is 1. The smallest absolute Gasteiger partial charge is 0.0783 e. The standard InChI is InChI=1S/C11H10BrCl2N3/c12-8-6-17(16-11(8)3-4-15)7-1-2-9(13)10(14)5-7/h1-2,5-6H,3-4,15H2. The van der Waals surface area contributed by atoms with Crippen molar-refractivity contribution in [2.45, 2.75) is 6.42 Å². The summed E-state index contributed by atoms with van der Waals surface area (Å²) in [6.07, 6.45) is 2.61. The molecule has 0 unspecified atom stereocenters. The molecule has 0 saturated heterocycles. The second kappa shape index (κ2) is 5.40. The molecule has 0 aliphatic carbocycles. The molecule has 0 aliphatic rings. The molecular weight excluding hydrogens is 325 g/mol. The van der Waals surface area contributed by atoms with Crippen LogP contribution in [0.1, 0.15) is 5.69 Å². The summed E-state index contributed by atoms with van der Waals surface area (Å²) in [5, 5.41) is 5.47. The number of aromatic nitrogens is 2. The maximum atomic E-state index is 5.97. The predicted octanol–water partition coefficient (Wildman–Crippen LogP) is 3.44. The molecule has 3 nitrogen and oxygen atoms in total. The van der Waals surface area contributed by atoms with Gasteiger partial charge in [-0.2, -0.15) is 5.10 Å². The van der Waals surface area contributed by atoms with E-state index in [0.717, 1.165) is 22.3 Å². The molecule has 0 fully saturated rings. The summed E-state index contributed by atoms with van der Waals surface area (Å²) in [7, 11) is 0. The number of nitrogens with zero attached hydrogens (tertiary/aromatic N) is 2. The van der Waals surface area contributed by atoms with Crippen LogP contribution in [-0.4, -0.2) is 16.3 Å². The predicted molar refractivity (Wildman–Crippen MR) is 74.0 cm³/mol. The largest absolute Gasteiger partial charge is 0.330 e. The van der Waals surface area contributed by atoms with E-state index in [0.29, 0.717) is 16.6 Å². The molecule has 0 saturated carbocycles. The van der Waals surface area contributed by atoms with Gasteiger partial charge in [0.2, 0.25) is 0 Å². The topological polar surface area (TPSA) is 43.8 Å². The zero-order chi connectivity index (χ0) is 12.4. The van der Waals surface area contributed by atoms with E-state index in [9.17, 15) is 0 Å². The molecule has 0 aliphatic heterocycles. The van der Waals surface area contributed by atoms with Crippen LogP contribution in [0.5, 0.6) is 0 Å². The van der Waals surface area contributed by atoms with E-state index in [2.05, 4.69) is 21.0 Å². The van der Waals surface area contributed by atoms with Gasteiger partial charge in [0, 0.05) is 12.6 Å². The van der Waals surface area contributed by atoms with Crippen molar-refractivity contribution in [3.05, 3.63) is 44.6 Å². The molecule has 1 aromatic carbocycles. The Morgan fingerprint density at radius 3 is 2.71 bits per heavy atom. The van der Waals surface area contributed by atoms with Crippen molar-refractivity contribution >= 4 is 39.1 Å². The molecule has 0 bridgehead atoms. The number of benzene rings is 1. The Hall–Kier alpha value is -0.550. The fourth-order valence-electron chi connectivity index (χ4n) is 1.45. The van der Waals surface area contributed by atoms with Gasteiger partial charge in [-0.25, -0.2) is 4.68 Å². The molecule has 0 atom stereocenters. The summed E-state index contributed by atoms with van der Waals surface area (Å²) in [6, 6.07) is 5.38. The van der Waals surface area contributed by atoms with E-state index in [1.165, 1.54) is 0 Å². The first-order valence-corrected chi connectivity index (χ1v) is 6.56. The first kappa shape index (κ1) is 12.9. The van der Waals surface area contributed by atoms with Gasteiger partial charge in [-0.3, -0.25) is 0 Å². The van der Waals surface area contributed by atoms with Crippen LogP contribution >= 0.6 is 39.1 Å². The minimum absolute atomic E-state index is 0.510. The third-order valence-corrected chi connectivity index (χ3v) is 3.69. The Morgan fingerprint density at radius 1 is 1.29 bits per heavy atom. The van der Waals surface area contributed by atoms with Gasteiger partial charge in [0.05, 0.1) is 25.9 Å². The lowest BCUT2D eigenvalue weighted by molar-refractivity contribution is 0.821. The van der Waals surface area contributed by atoms with E-state index in [1.807, 2.05) is 12.3 Å². The number of hydrogen-bond acceptors (Lipinski definition) is 2. The minimum Gasteiger partial charge on any atom is -0.330 e. The quantitative estimate of drug-likeness (QED) is 0.934. The lowest BCUT2D eigenvalue weighted by Crippen LogP contribution is -2.04. The zero-order valence-corrected chi connectivity index (χ0v) is 11.9. The highest BCUT2D eigenvalue weighted by Gasteiger charge is 2.08.